The van der Waals surface area contributed by atoms with Gasteiger partial charge in [-0.15, -0.1) is 11.3 Å². The van der Waals surface area contributed by atoms with Gasteiger partial charge in [0.1, 0.15) is 0 Å². The highest BCUT2D eigenvalue weighted by Gasteiger charge is 2.20. The molecule has 0 fully saturated rings. The highest BCUT2D eigenvalue weighted by molar-refractivity contribution is 9.12. The topological polar surface area (TPSA) is 49.3 Å². The van der Waals surface area contributed by atoms with E-state index in [9.17, 15) is 9.90 Å². The van der Waals surface area contributed by atoms with E-state index in [2.05, 4.69) is 44.1 Å². The molecule has 0 aliphatic heterocycles. The quantitative estimate of drug-likeness (QED) is 0.554. The lowest BCUT2D eigenvalue weighted by Gasteiger charge is -2.06. The summed E-state index contributed by atoms with van der Waals surface area (Å²) in [6.45, 7) is 2.76. The first-order valence-corrected chi connectivity index (χ1v) is 9.37. The third-order valence-corrected chi connectivity index (χ3v) is 5.77. The molecule has 0 saturated carbocycles. The maximum Gasteiger partial charge on any atom is 0.253 e. The van der Waals surface area contributed by atoms with Crippen LogP contribution in [-0.2, 0) is 6.61 Å². The summed E-state index contributed by atoms with van der Waals surface area (Å²) in [4.78, 5) is 12.1. The molecule has 0 aromatic carbocycles. The maximum atomic E-state index is 12.1. The molecule has 1 aromatic rings. The summed E-state index contributed by atoms with van der Waals surface area (Å²) in [6.07, 6.45) is 7.22. The van der Waals surface area contributed by atoms with Gasteiger partial charge < -0.3 is 10.4 Å². The van der Waals surface area contributed by atoms with Gasteiger partial charge in [0.2, 0.25) is 0 Å². The van der Waals surface area contributed by atoms with Gasteiger partial charge in [-0.3, -0.25) is 4.79 Å². The second-order valence-corrected chi connectivity index (χ2v) is 8.34. The summed E-state index contributed by atoms with van der Waals surface area (Å²) in [5, 5.41) is 12.3. The van der Waals surface area contributed by atoms with E-state index in [-0.39, 0.29) is 12.5 Å². The third-order valence-electron chi connectivity index (χ3n) is 3.12. The monoisotopic (exact) mass is 425 g/mol. The molecule has 0 bridgehead atoms. The average molecular weight is 427 g/mol. The van der Waals surface area contributed by atoms with Crippen molar-refractivity contribution in [3.8, 4) is 0 Å². The molecule has 114 valence electrons. The fourth-order valence-electron chi connectivity index (χ4n) is 1.97. The Morgan fingerprint density at radius 2 is 1.80 bits per heavy atom. The van der Waals surface area contributed by atoms with Gasteiger partial charge in [-0.2, -0.15) is 0 Å². The molecule has 2 N–H and O–H groups in total. The predicted molar refractivity (Wildman–Crippen MR) is 91.4 cm³/mol. The SMILES string of the molecule is CCCCCCCCNC(=O)c1c(Br)sc(Br)c1CO. The number of carbonyl (C=O) groups is 1. The van der Waals surface area contributed by atoms with Gasteiger partial charge >= 0.3 is 0 Å². The van der Waals surface area contributed by atoms with Crippen molar-refractivity contribution in [2.75, 3.05) is 6.54 Å². The van der Waals surface area contributed by atoms with Gasteiger partial charge in [-0.05, 0) is 38.3 Å². The van der Waals surface area contributed by atoms with E-state index >= 15 is 0 Å². The van der Waals surface area contributed by atoms with E-state index in [1.807, 2.05) is 0 Å². The standard InChI is InChI=1S/C14H21Br2NO2S/c1-2-3-4-5-6-7-8-17-14(19)11-10(9-18)12(15)20-13(11)16/h18H,2-9H2,1H3,(H,17,19). The lowest BCUT2D eigenvalue weighted by atomic mass is 10.1. The van der Waals surface area contributed by atoms with Crippen molar-refractivity contribution in [1.29, 1.82) is 0 Å². The van der Waals surface area contributed by atoms with E-state index in [0.717, 1.165) is 20.4 Å². The number of hydrogen-bond acceptors (Lipinski definition) is 3. The number of halogens is 2. The summed E-state index contributed by atoms with van der Waals surface area (Å²) in [6, 6.07) is 0. The van der Waals surface area contributed by atoms with Crippen molar-refractivity contribution in [1.82, 2.24) is 5.32 Å². The fourth-order valence-corrected chi connectivity index (χ4v) is 5.10. The van der Waals surface area contributed by atoms with Crippen LogP contribution in [0.25, 0.3) is 0 Å². The van der Waals surface area contributed by atoms with Crippen molar-refractivity contribution < 1.29 is 9.90 Å². The normalized spacial score (nSPS) is 10.8. The molecule has 0 atom stereocenters. The molecule has 0 aliphatic carbocycles. The number of hydrogen-bond donors (Lipinski definition) is 2. The van der Waals surface area contributed by atoms with Gasteiger partial charge in [0, 0.05) is 12.1 Å². The molecule has 20 heavy (non-hydrogen) atoms. The number of amides is 1. The zero-order chi connectivity index (χ0) is 15.0. The second-order valence-electron chi connectivity index (χ2n) is 4.68. The van der Waals surface area contributed by atoms with E-state index in [1.54, 1.807) is 0 Å². The van der Waals surface area contributed by atoms with Gasteiger partial charge in [-0.1, -0.05) is 39.0 Å². The Hall–Kier alpha value is 0.0900. The van der Waals surface area contributed by atoms with Crippen LogP contribution in [0.4, 0.5) is 0 Å². The largest absolute Gasteiger partial charge is 0.392 e. The van der Waals surface area contributed by atoms with Gasteiger partial charge in [0.25, 0.3) is 5.91 Å². The summed E-state index contributed by atoms with van der Waals surface area (Å²) in [7, 11) is 0. The Morgan fingerprint density at radius 3 is 2.45 bits per heavy atom. The summed E-state index contributed by atoms with van der Waals surface area (Å²) in [5.74, 6) is -0.114. The lowest BCUT2D eigenvalue weighted by molar-refractivity contribution is 0.0949. The summed E-state index contributed by atoms with van der Waals surface area (Å²) < 4.78 is 1.56. The molecule has 1 rings (SSSR count). The molecule has 6 heteroatoms. The van der Waals surface area contributed by atoms with Gasteiger partial charge in [-0.25, -0.2) is 0 Å². The predicted octanol–water partition coefficient (Wildman–Crippen LogP) is 4.86. The molecule has 1 heterocycles. The molecule has 0 saturated heterocycles. The minimum atomic E-state index is -0.136. The van der Waals surface area contributed by atoms with Crippen molar-refractivity contribution in [2.45, 2.75) is 52.1 Å². The van der Waals surface area contributed by atoms with Gasteiger partial charge in [0.05, 0.1) is 19.7 Å². The highest BCUT2D eigenvalue weighted by Crippen LogP contribution is 2.37. The Kier molecular flexibility index (Phi) is 9.00. The summed E-state index contributed by atoms with van der Waals surface area (Å²) in [5.41, 5.74) is 1.21. The van der Waals surface area contributed by atoms with E-state index < -0.39 is 0 Å². The number of aliphatic hydroxyl groups excluding tert-OH is 1. The molecule has 1 aromatic heterocycles. The number of nitrogens with one attached hydrogen (secondary N) is 1. The van der Waals surface area contributed by atoms with Crippen molar-refractivity contribution >= 4 is 49.1 Å². The first-order chi connectivity index (χ1) is 9.61. The molecule has 3 nitrogen and oxygen atoms in total. The molecule has 0 unspecified atom stereocenters. The molecule has 0 spiro atoms. The van der Waals surface area contributed by atoms with E-state index in [4.69, 9.17) is 0 Å². The van der Waals surface area contributed by atoms with Crippen LogP contribution in [0.3, 0.4) is 0 Å². The van der Waals surface area contributed by atoms with Crippen molar-refractivity contribution in [2.24, 2.45) is 0 Å². The van der Waals surface area contributed by atoms with Crippen molar-refractivity contribution in [3.05, 3.63) is 18.7 Å². The number of carbonyl (C=O) groups excluding carboxylic acids is 1. The van der Waals surface area contributed by atoms with E-state index in [0.29, 0.717) is 17.7 Å². The minimum absolute atomic E-state index is 0.114. The Morgan fingerprint density at radius 1 is 1.15 bits per heavy atom. The van der Waals surface area contributed by atoms with E-state index in [1.165, 1.54) is 37.0 Å². The van der Waals surface area contributed by atoms with Crippen LogP contribution in [0, 0.1) is 0 Å². The second kappa shape index (κ2) is 9.92. The number of thiophene rings is 1. The zero-order valence-electron chi connectivity index (χ0n) is 11.7. The molecular formula is C14H21Br2NO2S. The van der Waals surface area contributed by atoms with Crippen LogP contribution in [0.5, 0.6) is 0 Å². The van der Waals surface area contributed by atoms with Crippen LogP contribution >= 0.6 is 43.2 Å². The number of rotatable bonds is 9. The van der Waals surface area contributed by atoms with Crippen molar-refractivity contribution in [3.63, 3.8) is 0 Å². The number of aliphatic hydroxyl groups is 1. The third kappa shape index (κ3) is 5.47. The highest BCUT2D eigenvalue weighted by atomic mass is 79.9. The first kappa shape index (κ1) is 18.1. The minimum Gasteiger partial charge on any atom is -0.392 e. The molecular weight excluding hydrogens is 406 g/mol. The van der Waals surface area contributed by atoms with Crippen LogP contribution in [0.15, 0.2) is 7.57 Å². The Bertz CT molecular complexity index is 435. The Balaban J connectivity index is 2.36. The molecule has 0 radical (unpaired) electrons. The number of unbranched alkanes of at least 4 members (excludes halogenated alkanes) is 5. The van der Waals surface area contributed by atoms with Gasteiger partial charge in [0.15, 0.2) is 0 Å². The fraction of sp³-hybridized carbons (Fsp3) is 0.643. The van der Waals surface area contributed by atoms with Crippen LogP contribution < -0.4 is 5.32 Å². The Labute approximate surface area is 141 Å². The molecule has 0 aliphatic rings. The molecule has 1 amide bonds. The van der Waals surface area contributed by atoms with Crippen LogP contribution in [-0.4, -0.2) is 17.6 Å². The average Bonchev–Trinajstić information content (AvgIpc) is 2.71. The maximum absolute atomic E-state index is 12.1. The van der Waals surface area contributed by atoms with Crippen LogP contribution in [0.2, 0.25) is 0 Å². The van der Waals surface area contributed by atoms with Crippen LogP contribution in [0.1, 0.15) is 61.4 Å². The summed E-state index contributed by atoms with van der Waals surface area (Å²) >= 11 is 8.15. The zero-order valence-corrected chi connectivity index (χ0v) is 15.7. The smallest absolute Gasteiger partial charge is 0.253 e. The first-order valence-electron chi connectivity index (χ1n) is 6.97. The lowest BCUT2D eigenvalue weighted by Crippen LogP contribution is -2.25.